The minimum absolute atomic E-state index is 0.428. The molecule has 2 heterocycles. The molecule has 4 nitrogen and oxygen atoms in total. The number of hydrogen-bond donors (Lipinski definition) is 1. The van der Waals surface area contributed by atoms with E-state index in [0.29, 0.717) is 23.4 Å². The van der Waals surface area contributed by atoms with Gasteiger partial charge in [0.15, 0.2) is 0 Å². The number of fused-ring (bicyclic) bond motifs is 1. The Morgan fingerprint density at radius 3 is 2.38 bits per heavy atom. The molecule has 1 aromatic heterocycles. The zero-order valence-corrected chi connectivity index (χ0v) is 14.1. The first-order valence-corrected chi connectivity index (χ1v) is 8.57. The topological polar surface area (TPSA) is 35.2 Å². The van der Waals surface area contributed by atoms with Crippen molar-refractivity contribution in [1.29, 1.82) is 0 Å². The van der Waals surface area contributed by atoms with Gasteiger partial charge in [-0.05, 0) is 30.3 Å². The Morgan fingerprint density at radius 2 is 1.69 bits per heavy atom. The minimum Gasteiger partial charge on any atom is -0.369 e. The molecule has 1 N–H and O–H groups in total. The lowest BCUT2D eigenvalue weighted by molar-refractivity contribution is -0.137. The van der Waals surface area contributed by atoms with E-state index in [1.165, 1.54) is 11.8 Å². The Balaban J connectivity index is 1.42. The van der Waals surface area contributed by atoms with E-state index in [0.717, 1.165) is 38.3 Å². The average Bonchev–Trinajstić information content (AvgIpc) is 3.04. The van der Waals surface area contributed by atoms with Crippen LogP contribution in [0.25, 0.3) is 11.0 Å². The maximum atomic E-state index is 12.8. The van der Waals surface area contributed by atoms with Crippen LogP contribution in [-0.4, -0.2) is 41.0 Å². The van der Waals surface area contributed by atoms with Crippen LogP contribution in [0.15, 0.2) is 48.5 Å². The van der Waals surface area contributed by atoms with Crippen LogP contribution in [0.1, 0.15) is 11.4 Å². The summed E-state index contributed by atoms with van der Waals surface area (Å²) >= 11 is 0. The number of para-hydroxylation sites is 1. The Hall–Kier alpha value is -2.54. The first-order chi connectivity index (χ1) is 12.5. The maximum Gasteiger partial charge on any atom is 0.416 e. The Bertz CT molecular complexity index is 881. The molecular formula is C19H19F3N4. The van der Waals surface area contributed by atoms with Crippen molar-refractivity contribution in [2.24, 2.45) is 0 Å². The molecule has 7 heteroatoms. The molecule has 26 heavy (non-hydrogen) atoms. The van der Waals surface area contributed by atoms with Gasteiger partial charge in [0, 0.05) is 31.9 Å². The zero-order valence-electron chi connectivity index (χ0n) is 14.1. The highest BCUT2D eigenvalue weighted by atomic mass is 19.4. The molecule has 0 unspecified atom stereocenters. The van der Waals surface area contributed by atoms with Gasteiger partial charge in [-0.15, -0.1) is 0 Å². The van der Waals surface area contributed by atoms with Crippen molar-refractivity contribution in [1.82, 2.24) is 14.9 Å². The van der Waals surface area contributed by atoms with Crippen LogP contribution in [0.4, 0.5) is 18.9 Å². The molecule has 0 bridgehead atoms. The van der Waals surface area contributed by atoms with Gasteiger partial charge in [-0.25, -0.2) is 4.98 Å². The molecule has 136 valence electrons. The van der Waals surface area contributed by atoms with Gasteiger partial charge in [0.2, 0.25) is 0 Å². The number of aromatic amines is 1. The van der Waals surface area contributed by atoms with Gasteiger partial charge in [-0.2, -0.15) is 13.2 Å². The van der Waals surface area contributed by atoms with E-state index in [1.807, 2.05) is 18.2 Å². The molecule has 0 saturated carbocycles. The quantitative estimate of drug-likeness (QED) is 0.769. The highest BCUT2D eigenvalue weighted by Crippen LogP contribution is 2.31. The Labute approximate surface area is 149 Å². The summed E-state index contributed by atoms with van der Waals surface area (Å²) in [5.41, 5.74) is 1.56. The molecule has 4 rings (SSSR count). The molecule has 0 spiro atoms. The third-order valence-electron chi connectivity index (χ3n) is 4.73. The van der Waals surface area contributed by atoms with Crippen LogP contribution in [-0.2, 0) is 12.7 Å². The van der Waals surface area contributed by atoms with Crippen LogP contribution in [0, 0.1) is 0 Å². The van der Waals surface area contributed by atoms with E-state index in [-0.39, 0.29) is 0 Å². The van der Waals surface area contributed by atoms with Crippen molar-refractivity contribution >= 4 is 16.7 Å². The van der Waals surface area contributed by atoms with Crippen LogP contribution in [0.2, 0.25) is 0 Å². The molecule has 0 atom stereocenters. The smallest absolute Gasteiger partial charge is 0.369 e. The van der Waals surface area contributed by atoms with Gasteiger partial charge >= 0.3 is 6.18 Å². The van der Waals surface area contributed by atoms with E-state index in [9.17, 15) is 13.2 Å². The number of rotatable bonds is 3. The number of halogens is 3. The van der Waals surface area contributed by atoms with Crippen LogP contribution >= 0.6 is 0 Å². The Kier molecular flexibility index (Phi) is 4.32. The van der Waals surface area contributed by atoms with Crippen LogP contribution in [0.5, 0.6) is 0 Å². The first kappa shape index (κ1) is 16.9. The second-order valence-corrected chi connectivity index (χ2v) is 6.51. The molecule has 1 saturated heterocycles. The number of H-pyrrole nitrogens is 1. The predicted octanol–water partition coefficient (Wildman–Crippen LogP) is 3.90. The summed E-state index contributed by atoms with van der Waals surface area (Å²) in [4.78, 5) is 12.1. The lowest BCUT2D eigenvalue weighted by Crippen LogP contribution is -2.46. The number of imidazole rings is 1. The van der Waals surface area contributed by atoms with E-state index in [1.54, 1.807) is 0 Å². The summed E-state index contributed by atoms with van der Waals surface area (Å²) in [6, 6.07) is 13.9. The highest BCUT2D eigenvalue weighted by molar-refractivity contribution is 5.76. The fraction of sp³-hybridized carbons (Fsp3) is 0.316. The van der Waals surface area contributed by atoms with Gasteiger partial charge in [0.1, 0.15) is 5.82 Å². The number of nitrogens with zero attached hydrogens (tertiary/aromatic N) is 3. The number of piperazine rings is 1. The summed E-state index contributed by atoms with van der Waals surface area (Å²) < 4.78 is 38.5. The van der Waals surface area contributed by atoms with Crippen molar-refractivity contribution in [2.75, 3.05) is 31.1 Å². The number of anilines is 1. The monoisotopic (exact) mass is 360 g/mol. The highest BCUT2D eigenvalue weighted by Gasteiger charge is 2.30. The maximum absolute atomic E-state index is 12.8. The Morgan fingerprint density at radius 1 is 0.962 bits per heavy atom. The fourth-order valence-electron chi connectivity index (χ4n) is 3.33. The van der Waals surface area contributed by atoms with Gasteiger partial charge < -0.3 is 9.88 Å². The molecule has 1 aliphatic rings. The normalized spacial score (nSPS) is 16.3. The molecule has 2 aromatic carbocycles. The second kappa shape index (κ2) is 6.64. The summed E-state index contributed by atoms with van der Waals surface area (Å²) in [6.45, 7) is 4.23. The van der Waals surface area contributed by atoms with Crippen molar-refractivity contribution in [3.05, 3.63) is 59.9 Å². The number of alkyl halides is 3. The van der Waals surface area contributed by atoms with Gasteiger partial charge in [0.05, 0.1) is 23.1 Å². The summed E-state index contributed by atoms with van der Waals surface area (Å²) in [5, 5.41) is 0. The molecule has 1 fully saturated rings. The zero-order chi connectivity index (χ0) is 18.1. The lowest BCUT2D eigenvalue weighted by Gasteiger charge is -2.35. The predicted molar refractivity (Wildman–Crippen MR) is 95.0 cm³/mol. The third-order valence-corrected chi connectivity index (χ3v) is 4.73. The third kappa shape index (κ3) is 3.53. The largest absolute Gasteiger partial charge is 0.416 e. The number of aromatic nitrogens is 2. The van der Waals surface area contributed by atoms with Crippen LogP contribution < -0.4 is 4.90 Å². The first-order valence-electron chi connectivity index (χ1n) is 8.57. The van der Waals surface area contributed by atoms with Crippen molar-refractivity contribution in [3.8, 4) is 0 Å². The molecule has 3 aromatic rings. The van der Waals surface area contributed by atoms with Crippen LogP contribution in [0.3, 0.4) is 0 Å². The summed E-state index contributed by atoms with van der Waals surface area (Å²) in [6.07, 6.45) is -4.34. The SMILES string of the molecule is FC(F)(F)c1ccc2nc(CN3CCN(c4ccccc4)CC3)[nH]c2c1. The number of hydrogen-bond acceptors (Lipinski definition) is 3. The van der Waals surface area contributed by atoms with Gasteiger partial charge in [-0.1, -0.05) is 18.2 Å². The van der Waals surface area contributed by atoms with E-state index in [4.69, 9.17) is 0 Å². The molecule has 0 amide bonds. The van der Waals surface area contributed by atoms with Crippen molar-refractivity contribution < 1.29 is 13.2 Å². The molecular weight excluding hydrogens is 341 g/mol. The van der Waals surface area contributed by atoms with E-state index >= 15 is 0 Å². The lowest BCUT2D eigenvalue weighted by atomic mass is 10.2. The van der Waals surface area contributed by atoms with E-state index < -0.39 is 11.7 Å². The van der Waals surface area contributed by atoms with Crippen molar-refractivity contribution in [2.45, 2.75) is 12.7 Å². The minimum atomic E-state index is -4.34. The molecule has 1 aliphatic heterocycles. The summed E-state index contributed by atoms with van der Waals surface area (Å²) in [7, 11) is 0. The average molecular weight is 360 g/mol. The second-order valence-electron chi connectivity index (χ2n) is 6.51. The van der Waals surface area contributed by atoms with E-state index in [2.05, 4.69) is 31.9 Å². The molecule has 0 radical (unpaired) electrons. The summed E-state index contributed by atoms with van der Waals surface area (Å²) in [5.74, 6) is 0.701. The standard InChI is InChI=1S/C19H19F3N4/c20-19(21,22)14-6-7-16-17(12-14)24-18(23-16)13-25-8-10-26(11-9-25)15-4-2-1-3-5-15/h1-7,12H,8-11,13H2,(H,23,24). The molecule has 0 aliphatic carbocycles. The van der Waals surface area contributed by atoms with Gasteiger partial charge in [-0.3, -0.25) is 4.90 Å². The fourth-order valence-corrected chi connectivity index (χ4v) is 3.33. The van der Waals surface area contributed by atoms with Crippen molar-refractivity contribution in [3.63, 3.8) is 0 Å². The number of benzene rings is 2. The van der Waals surface area contributed by atoms with Gasteiger partial charge in [0.25, 0.3) is 0 Å². The number of nitrogens with one attached hydrogen (secondary N) is 1.